The third kappa shape index (κ3) is 3.97. The summed E-state index contributed by atoms with van der Waals surface area (Å²) in [6.07, 6.45) is 7.87. The van der Waals surface area contributed by atoms with E-state index >= 15 is 0 Å². The van der Waals surface area contributed by atoms with Gasteiger partial charge in [-0.15, -0.1) is 0 Å². The molecule has 1 fully saturated rings. The first kappa shape index (κ1) is 19.1. The van der Waals surface area contributed by atoms with Crippen LogP contribution in [0.5, 0.6) is 0 Å². The molecule has 28 heavy (non-hydrogen) atoms. The third-order valence-electron chi connectivity index (χ3n) is 6.43. The van der Waals surface area contributed by atoms with Crippen LogP contribution in [0.2, 0.25) is 0 Å². The van der Waals surface area contributed by atoms with Gasteiger partial charge in [-0.1, -0.05) is 30.3 Å². The van der Waals surface area contributed by atoms with Gasteiger partial charge in [-0.25, -0.2) is 0 Å². The fourth-order valence-electron chi connectivity index (χ4n) is 5.18. The Balaban J connectivity index is 1.46. The van der Waals surface area contributed by atoms with Crippen LogP contribution in [0.25, 0.3) is 0 Å². The van der Waals surface area contributed by atoms with Gasteiger partial charge in [-0.2, -0.15) is 0 Å². The number of fused-ring (bicyclic) bond motifs is 2. The van der Waals surface area contributed by atoms with Crippen LogP contribution < -0.4 is 5.32 Å². The zero-order valence-corrected chi connectivity index (χ0v) is 17.0. The first-order chi connectivity index (χ1) is 13.6. The smallest absolute Gasteiger partial charge is 0.220 e. The van der Waals surface area contributed by atoms with Crippen molar-refractivity contribution in [3.05, 3.63) is 65.5 Å². The molecule has 1 aromatic carbocycles. The summed E-state index contributed by atoms with van der Waals surface area (Å²) in [4.78, 5) is 19.2. The molecule has 1 aliphatic carbocycles. The number of likely N-dealkylation sites (tertiary alicyclic amines) is 1. The standard InChI is InChI=1S/C24H31N3O/c1-18(2)26-23(28)14-20-15-24(22-8-4-3-7-21(20)22)9-12-27(13-10-24)17-19-6-5-11-25-16-19/h3-8,11,16,18,20H,9-10,12-15,17H2,1-2H3,(H,26,28). The van der Waals surface area contributed by atoms with Crippen molar-refractivity contribution in [2.24, 2.45) is 0 Å². The van der Waals surface area contributed by atoms with Crippen molar-refractivity contribution in [2.75, 3.05) is 13.1 Å². The van der Waals surface area contributed by atoms with E-state index in [1.54, 1.807) is 0 Å². The number of hydrogen-bond donors (Lipinski definition) is 1. The largest absolute Gasteiger partial charge is 0.354 e. The number of carbonyl (C=O) groups is 1. The molecule has 0 radical (unpaired) electrons. The van der Waals surface area contributed by atoms with Gasteiger partial charge < -0.3 is 5.32 Å². The summed E-state index contributed by atoms with van der Waals surface area (Å²) in [6, 6.07) is 13.2. The van der Waals surface area contributed by atoms with E-state index in [1.807, 2.05) is 32.3 Å². The summed E-state index contributed by atoms with van der Waals surface area (Å²) in [6.45, 7) is 7.24. The number of pyridine rings is 1. The van der Waals surface area contributed by atoms with Gasteiger partial charge in [0, 0.05) is 31.4 Å². The molecule has 0 bridgehead atoms. The molecule has 1 aromatic heterocycles. The molecule has 1 atom stereocenters. The lowest BCUT2D eigenvalue weighted by Crippen LogP contribution is -2.41. The Morgan fingerprint density at radius 2 is 2.00 bits per heavy atom. The van der Waals surface area contributed by atoms with Gasteiger partial charge in [0.15, 0.2) is 0 Å². The van der Waals surface area contributed by atoms with Crippen molar-refractivity contribution >= 4 is 5.91 Å². The van der Waals surface area contributed by atoms with E-state index in [9.17, 15) is 4.79 Å². The molecule has 1 N–H and O–H groups in total. The molecule has 4 rings (SSSR count). The molecule has 2 aromatic rings. The fourth-order valence-corrected chi connectivity index (χ4v) is 5.18. The molecule has 4 heteroatoms. The normalized spacial score (nSPS) is 21.0. The van der Waals surface area contributed by atoms with Gasteiger partial charge in [0.2, 0.25) is 5.91 Å². The highest BCUT2D eigenvalue weighted by atomic mass is 16.1. The predicted octanol–water partition coefficient (Wildman–Crippen LogP) is 4.02. The zero-order chi connectivity index (χ0) is 19.6. The van der Waals surface area contributed by atoms with E-state index in [0.717, 1.165) is 26.1 Å². The number of hydrogen-bond acceptors (Lipinski definition) is 3. The van der Waals surface area contributed by atoms with E-state index in [2.05, 4.69) is 45.5 Å². The number of rotatable bonds is 5. The lowest BCUT2D eigenvalue weighted by atomic mass is 9.73. The van der Waals surface area contributed by atoms with Crippen LogP contribution in [-0.2, 0) is 16.8 Å². The molecule has 1 unspecified atom stereocenters. The molecule has 1 amide bonds. The Bertz CT molecular complexity index is 810. The first-order valence-corrected chi connectivity index (χ1v) is 10.6. The van der Waals surface area contributed by atoms with Crippen molar-refractivity contribution in [1.29, 1.82) is 0 Å². The van der Waals surface area contributed by atoms with Crippen LogP contribution >= 0.6 is 0 Å². The molecule has 1 spiro atoms. The Kier molecular flexibility index (Phi) is 5.49. The second kappa shape index (κ2) is 8.04. The van der Waals surface area contributed by atoms with Crippen LogP contribution in [0.3, 0.4) is 0 Å². The lowest BCUT2D eigenvalue weighted by molar-refractivity contribution is -0.122. The number of aromatic nitrogens is 1. The number of amides is 1. The monoisotopic (exact) mass is 377 g/mol. The van der Waals surface area contributed by atoms with Gasteiger partial charge in [-0.3, -0.25) is 14.7 Å². The maximum atomic E-state index is 12.4. The molecule has 1 aliphatic heterocycles. The molecular weight excluding hydrogens is 346 g/mol. The number of nitrogens with one attached hydrogen (secondary N) is 1. The van der Waals surface area contributed by atoms with Crippen LogP contribution in [0.4, 0.5) is 0 Å². The van der Waals surface area contributed by atoms with Crippen LogP contribution in [0.15, 0.2) is 48.8 Å². The summed E-state index contributed by atoms with van der Waals surface area (Å²) < 4.78 is 0. The van der Waals surface area contributed by atoms with Crippen molar-refractivity contribution < 1.29 is 4.79 Å². The molecule has 2 aliphatic rings. The SMILES string of the molecule is CC(C)NC(=O)CC1CC2(CCN(Cc3cccnc3)CC2)c2ccccc21. The predicted molar refractivity (Wildman–Crippen MR) is 112 cm³/mol. The molecule has 4 nitrogen and oxygen atoms in total. The van der Waals surface area contributed by atoms with Gasteiger partial charge >= 0.3 is 0 Å². The van der Waals surface area contributed by atoms with Crippen molar-refractivity contribution in [3.63, 3.8) is 0 Å². The third-order valence-corrected chi connectivity index (χ3v) is 6.43. The molecule has 2 heterocycles. The summed E-state index contributed by atoms with van der Waals surface area (Å²) in [5.74, 6) is 0.528. The lowest BCUT2D eigenvalue weighted by Gasteiger charge is -2.40. The number of nitrogens with zero attached hydrogens (tertiary/aromatic N) is 2. The second-order valence-electron chi connectivity index (χ2n) is 8.83. The summed E-state index contributed by atoms with van der Waals surface area (Å²) in [5, 5.41) is 3.07. The van der Waals surface area contributed by atoms with E-state index in [0.29, 0.717) is 12.3 Å². The Morgan fingerprint density at radius 1 is 1.21 bits per heavy atom. The minimum Gasteiger partial charge on any atom is -0.354 e. The minimum atomic E-state index is 0.181. The highest BCUT2D eigenvalue weighted by Gasteiger charge is 2.45. The minimum absolute atomic E-state index is 0.181. The van der Waals surface area contributed by atoms with Crippen LogP contribution in [0, 0.1) is 0 Å². The molecule has 0 saturated carbocycles. The quantitative estimate of drug-likeness (QED) is 0.856. The summed E-state index contributed by atoms with van der Waals surface area (Å²) in [5.41, 5.74) is 4.43. The van der Waals surface area contributed by atoms with Crippen LogP contribution in [-0.4, -0.2) is 34.9 Å². The maximum absolute atomic E-state index is 12.4. The van der Waals surface area contributed by atoms with E-state index < -0.39 is 0 Å². The van der Waals surface area contributed by atoms with Crippen molar-refractivity contribution in [2.45, 2.75) is 63.5 Å². The Labute approximate surface area is 168 Å². The van der Waals surface area contributed by atoms with Crippen molar-refractivity contribution in [1.82, 2.24) is 15.2 Å². The maximum Gasteiger partial charge on any atom is 0.220 e. The average Bonchev–Trinajstić information content (AvgIpc) is 2.97. The zero-order valence-electron chi connectivity index (χ0n) is 17.0. The average molecular weight is 378 g/mol. The van der Waals surface area contributed by atoms with Gasteiger partial charge in [0.05, 0.1) is 0 Å². The molecule has 148 valence electrons. The Morgan fingerprint density at radius 3 is 2.71 bits per heavy atom. The van der Waals surface area contributed by atoms with Gasteiger partial charge in [-0.05, 0) is 80.3 Å². The first-order valence-electron chi connectivity index (χ1n) is 10.6. The second-order valence-corrected chi connectivity index (χ2v) is 8.83. The summed E-state index contributed by atoms with van der Waals surface area (Å²) >= 11 is 0. The summed E-state index contributed by atoms with van der Waals surface area (Å²) in [7, 11) is 0. The van der Waals surface area contributed by atoms with Gasteiger partial charge in [0.25, 0.3) is 0 Å². The van der Waals surface area contributed by atoms with Crippen LogP contribution in [0.1, 0.15) is 62.1 Å². The number of benzene rings is 1. The van der Waals surface area contributed by atoms with E-state index in [4.69, 9.17) is 0 Å². The Hall–Kier alpha value is -2.20. The van der Waals surface area contributed by atoms with Crippen molar-refractivity contribution in [3.8, 4) is 0 Å². The fraction of sp³-hybridized carbons (Fsp3) is 0.500. The number of piperidine rings is 1. The van der Waals surface area contributed by atoms with Gasteiger partial charge in [0.1, 0.15) is 0 Å². The molecular formula is C24H31N3O. The highest BCUT2D eigenvalue weighted by Crippen LogP contribution is 2.52. The van der Waals surface area contributed by atoms with E-state index in [-0.39, 0.29) is 17.4 Å². The van der Waals surface area contributed by atoms with E-state index in [1.165, 1.54) is 29.5 Å². The molecule has 1 saturated heterocycles. The highest BCUT2D eigenvalue weighted by molar-refractivity contribution is 5.77. The number of carbonyl (C=O) groups excluding carboxylic acids is 1. The topological polar surface area (TPSA) is 45.2 Å².